The first-order valence-corrected chi connectivity index (χ1v) is 15.5. The van der Waals surface area contributed by atoms with Crippen molar-refractivity contribution in [2.24, 2.45) is 5.92 Å². The quantitative estimate of drug-likeness (QED) is 0.548. The molecule has 162 valence electrons. The van der Waals surface area contributed by atoms with Crippen molar-refractivity contribution >= 4 is 23.3 Å². The van der Waals surface area contributed by atoms with Gasteiger partial charge in [-0.2, -0.15) is 4.31 Å². The lowest BCUT2D eigenvalue weighted by Gasteiger charge is -2.30. The first kappa shape index (κ1) is 23.0. The minimum atomic E-state index is -3.47. The van der Waals surface area contributed by atoms with Crippen molar-refractivity contribution in [1.82, 2.24) is 4.31 Å². The fraction of sp³-hybridized carbons (Fsp3) is 0.440. The third kappa shape index (κ3) is 4.63. The zero-order chi connectivity index (χ0) is 21.9. The summed E-state index contributed by atoms with van der Waals surface area (Å²) < 4.78 is 28.3. The van der Waals surface area contributed by atoms with Crippen molar-refractivity contribution in [3.05, 3.63) is 70.9 Å². The van der Waals surface area contributed by atoms with Crippen LogP contribution in [0.3, 0.4) is 0 Å². The molecular formula is C25H35NO2SSi. The highest BCUT2D eigenvalue weighted by Gasteiger charge is 2.39. The summed E-state index contributed by atoms with van der Waals surface area (Å²) in [6, 6.07) is 18.0. The van der Waals surface area contributed by atoms with E-state index in [2.05, 4.69) is 57.3 Å². The highest BCUT2D eigenvalue weighted by atomic mass is 32.2. The van der Waals surface area contributed by atoms with Crippen LogP contribution in [0.15, 0.2) is 70.3 Å². The number of sulfonamides is 1. The van der Waals surface area contributed by atoms with Crippen LogP contribution in [0.5, 0.6) is 0 Å². The molecule has 1 aliphatic heterocycles. The molecule has 0 bridgehead atoms. The van der Waals surface area contributed by atoms with Crippen molar-refractivity contribution in [2.45, 2.75) is 58.0 Å². The van der Waals surface area contributed by atoms with Gasteiger partial charge in [0.1, 0.15) is 8.07 Å². The van der Waals surface area contributed by atoms with Crippen LogP contribution in [0, 0.1) is 12.8 Å². The number of allylic oxidation sites excluding steroid dienone is 1. The molecule has 1 fully saturated rings. The maximum atomic E-state index is 13.3. The van der Waals surface area contributed by atoms with E-state index in [4.69, 9.17) is 0 Å². The standard InChI is InChI=1S/C25H35NO2SSi/c1-6-7-13-25(30(4,5)23-11-9-8-10-12-23)24-19-26(18-21(24)3)29(27,28)22-16-14-20(2)15-17-22/h8-12,14-17,21H,6-7,13,18-19H2,1-5H3/b25-24+. The number of hydrogen-bond acceptors (Lipinski definition) is 2. The van der Waals surface area contributed by atoms with Crippen molar-refractivity contribution in [2.75, 3.05) is 13.1 Å². The van der Waals surface area contributed by atoms with Crippen LogP contribution < -0.4 is 5.19 Å². The molecule has 0 N–H and O–H groups in total. The summed E-state index contributed by atoms with van der Waals surface area (Å²) in [7, 11) is -5.34. The molecule has 1 atom stereocenters. The monoisotopic (exact) mass is 441 g/mol. The third-order valence-electron chi connectivity index (χ3n) is 6.50. The Morgan fingerprint density at radius 3 is 2.30 bits per heavy atom. The minimum absolute atomic E-state index is 0.257. The normalized spacial score (nSPS) is 19.8. The van der Waals surface area contributed by atoms with E-state index in [9.17, 15) is 8.42 Å². The molecule has 5 heteroatoms. The Kier molecular flexibility index (Phi) is 7.05. The van der Waals surface area contributed by atoms with Crippen LogP contribution in [0.4, 0.5) is 0 Å². The van der Waals surface area contributed by atoms with Gasteiger partial charge in [0.2, 0.25) is 10.0 Å². The maximum Gasteiger partial charge on any atom is 0.243 e. The molecule has 1 unspecified atom stereocenters. The second-order valence-corrected chi connectivity index (χ2v) is 15.5. The number of aryl methyl sites for hydroxylation is 1. The molecule has 0 aliphatic carbocycles. The molecule has 2 aromatic carbocycles. The summed E-state index contributed by atoms with van der Waals surface area (Å²) in [5, 5.41) is 2.97. The summed E-state index contributed by atoms with van der Waals surface area (Å²) >= 11 is 0. The SMILES string of the molecule is CCCC/C(=C1/CN(S(=O)(=O)c2ccc(C)cc2)CC1C)[Si](C)(C)c1ccccc1. The maximum absolute atomic E-state index is 13.3. The predicted octanol–water partition coefficient (Wildman–Crippen LogP) is 5.28. The van der Waals surface area contributed by atoms with Crippen molar-refractivity contribution in [1.29, 1.82) is 0 Å². The van der Waals surface area contributed by atoms with Crippen molar-refractivity contribution in [3.8, 4) is 0 Å². The van der Waals surface area contributed by atoms with Gasteiger partial charge in [0, 0.05) is 13.1 Å². The van der Waals surface area contributed by atoms with Crippen molar-refractivity contribution in [3.63, 3.8) is 0 Å². The van der Waals surface area contributed by atoms with Gasteiger partial charge >= 0.3 is 0 Å². The molecule has 1 aliphatic rings. The molecule has 30 heavy (non-hydrogen) atoms. The van der Waals surface area contributed by atoms with Gasteiger partial charge in [-0.1, -0.05) is 104 Å². The Morgan fingerprint density at radius 2 is 1.70 bits per heavy atom. The van der Waals surface area contributed by atoms with Gasteiger partial charge in [-0.25, -0.2) is 8.42 Å². The topological polar surface area (TPSA) is 37.4 Å². The lowest BCUT2D eigenvalue weighted by molar-refractivity contribution is 0.464. The molecule has 1 saturated heterocycles. The zero-order valence-electron chi connectivity index (χ0n) is 19.0. The summed E-state index contributed by atoms with van der Waals surface area (Å²) in [6.07, 6.45) is 3.37. The Bertz CT molecular complexity index is 995. The van der Waals surface area contributed by atoms with E-state index in [-0.39, 0.29) is 5.92 Å². The fourth-order valence-corrected chi connectivity index (χ4v) is 9.33. The average molecular weight is 442 g/mol. The van der Waals surface area contributed by atoms with Crippen LogP contribution in [-0.4, -0.2) is 33.9 Å². The Morgan fingerprint density at radius 1 is 1.07 bits per heavy atom. The average Bonchev–Trinajstić information content (AvgIpc) is 3.11. The lowest BCUT2D eigenvalue weighted by atomic mass is 10.0. The molecule has 3 rings (SSSR count). The second kappa shape index (κ2) is 9.21. The van der Waals surface area contributed by atoms with Gasteiger partial charge in [0.15, 0.2) is 0 Å². The van der Waals surface area contributed by atoms with Gasteiger partial charge in [0.05, 0.1) is 4.90 Å². The van der Waals surface area contributed by atoms with Gasteiger partial charge in [-0.15, -0.1) is 0 Å². The van der Waals surface area contributed by atoms with Gasteiger partial charge in [-0.05, 0) is 31.4 Å². The molecule has 2 aromatic rings. The summed E-state index contributed by atoms with van der Waals surface area (Å²) in [5.74, 6) is 0.257. The van der Waals surface area contributed by atoms with Crippen LogP contribution in [0.2, 0.25) is 13.1 Å². The summed E-state index contributed by atoms with van der Waals surface area (Å²) in [4.78, 5) is 0.399. The van der Waals surface area contributed by atoms with E-state index in [1.165, 1.54) is 10.8 Å². The van der Waals surface area contributed by atoms with E-state index in [1.54, 1.807) is 21.6 Å². The number of unbranched alkanes of at least 4 members (excludes halogenated alkanes) is 1. The van der Waals surface area contributed by atoms with Gasteiger partial charge in [-0.3, -0.25) is 0 Å². The number of hydrogen-bond donors (Lipinski definition) is 0. The third-order valence-corrected chi connectivity index (χ3v) is 12.2. The predicted molar refractivity (Wildman–Crippen MR) is 129 cm³/mol. The fourth-order valence-electron chi connectivity index (χ4n) is 4.52. The Labute approximate surface area is 183 Å². The highest BCUT2D eigenvalue weighted by molar-refractivity contribution is 7.89. The van der Waals surface area contributed by atoms with Gasteiger partial charge < -0.3 is 0 Å². The molecule has 0 saturated carbocycles. The lowest BCUT2D eigenvalue weighted by Crippen LogP contribution is -2.45. The molecule has 3 nitrogen and oxygen atoms in total. The van der Waals surface area contributed by atoms with Crippen LogP contribution in [0.1, 0.15) is 38.7 Å². The number of nitrogens with zero attached hydrogens (tertiary/aromatic N) is 1. The highest BCUT2D eigenvalue weighted by Crippen LogP contribution is 2.35. The largest absolute Gasteiger partial charge is 0.243 e. The molecule has 0 radical (unpaired) electrons. The molecule has 0 amide bonds. The smallest absolute Gasteiger partial charge is 0.207 e. The molecule has 0 aromatic heterocycles. The van der Waals surface area contributed by atoms with Crippen molar-refractivity contribution < 1.29 is 8.42 Å². The zero-order valence-corrected chi connectivity index (χ0v) is 20.8. The first-order valence-electron chi connectivity index (χ1n) is 11.0. The van der Waals surface area contributed by atoms with E-state index in [0.717, 1.165) is 24.8 Å². The Balaban J connectivity index is 2.00. The van der Waals surface area contributed by atoms with E-state index >= 15 is 0 Å². The van der Waals surface area contributed by atoms with Gasteiger partial charge in [0.25, 0.3) is 0 Å². The second-order valence-electron chi connectivity index (χ2n) is 9.11. The van der Waals surface area contributed by atoms with E-state index in [0.29, 0.717) is 18.0 Å². The Hall–Kier alpha value is -1.69. The summed E-state index contributed by atoms with van der Waals surface area (Å²) in [5.41, 5.74) is 2.43. The first-order chi connectivity index (χ1) is 14.2. The van der Waals surface area contributed by atoms with Crippen LogP contribution in [0.25, 0.3) is 0 Å². The molecule has 0 spiro atoms. The molecular weight excluding hydrogens is 406 g/mol. The minimum Gasteiger partial charge on any atom is -0.207 e. The number of rotatable bonds is 7. The summed E-state index contributed by atoms with van der Waals surface area (Å²) in [6.45, 7) is 12.3. The van der Waals surface area contributed by atoms with E-state index < -0.39 is 18.1 Å². The van der Waals surface area contributed by atoms with Crippen LogP contribution in [-0.2, 0) is 10.0 Å². The van der Waals surface area contributed by atoms with E-state index in [1.807, 2.05) is 19.1 Å². The van der Waals surface area contributed by atoms with Crippen LogP contribution >= 0.6 is 0 Å². The molecule has 1 heterocycles. The number of benzene rings is 2.